The van der Waals surface area contributed by atoms with Crippen LogP contribution >= 0.6 is 11.8 Å². The molecule has 0 aliphatic heterocycles. The second-order valence-electron chi connectivity index (χ2n) is 7.95. The first-order valence-corrected chi connectivity index (χ1v) is 12.3. The molecule has 170 valence electrons. The van der Waals surface area contributed by atoms with Crippen LogP contribution in [0.3, 0.4) is 0 Å². The minimum atomic E-state index is 0.101. The molecule has 1 heterocycles. The Labute approximate surface area is 198 Å². The van der Waals surface area contributed by atoms with E-state index in [0.29, 0.717) is 11.8 Å². The predicted molar refractivity (Wildman–Crippen MR) is 139 cm³/mol. The van der Waals surface area contributed by atoms with Gasteiger partial charge in [0.05, 0.1) is 23.2 Å². The molecule has 1 saturated carbocycles. The zero-order chi connectivity index (χ0) is 23.0. The van der Waals surface area contributed by atoms with Gasteiger partial charge in [-0.25, -0.2) is 4.99 Å². The highest BCUT2D eigenvalue weighted by Crippen LogP contribution is 2.26. The number of hydrogen-bond donors (Lipinski definition) is 3. The van der Waals surface area contributed by atoms with Gasteiger partial charge in [-0.2, -0.15) is 5.10 Å². The fourth-order valence-electron chi connectivity index (χ4n) is 3.38. The number of carbonyl (C=O) groups is 1. The summed E-state index contributed by atoms with van der Waals surface area (Å²) in [6, 6.07) is 14.7. The summed E-state index contributed by atoms with van der Waals surface area (Å²) in [6.07, 6.45) is 10.9. The topological polar surface area (TPSA) is 82.2 Å². The van der Waals surface area contributed by atoms with Crippen LogP contribution in [0.15, 0.2) is 76.8 Å². The van der Waals surface area contributed by atoms with Gasteiger partial charge < -0.3 is 10.6 Å². The summed E-state index contributed by atoms with van der Waals surface area (Å²) in [6.45, 7) is 4.08. The number of aromatic amines is 1. The lowest BCUT2D eigenvalue weighted by Gasteiger charge is -2.10. The number of nitrogens with zero attached hydrogens (tertiary/aromatic N) is 2. The van der Waals surface area contributed by atoms with E-state index < -0.39 is 0 Å². The van der Waals surface area contributed by atoms with Crippen LogP contribution < -0.4 is 10.6 Å². The average molecular weight is 460 g/mol. The number of amides is 1. The lowest BCUT2D eigenvalue weighted by molar-refractivity contribution is -0.118. The van der Waals surface area contributed by atoms with Gasteiger partial charge in [0.15, 0.2) is 0 Å². The Bertz CT molecular complexity index is 1210. The highest BCUT2D eigenvalue weighted by Gasteiger charge is 2.23. The number of nitrogens with one attached hydrogen (secondary N) is 3. The molecule has 0 radical (unpaired) electrons. The van der Waals surface area contributed by atoms with Crippen LogP contribution in [0.25, 0.3) is 16.6 Å². The smallest absolute Gasteiger partial charge is 0.230 e. The molecule has 0 unspecified atom stereocenters. The molecule has 4 rings (SSSR count). The molecule has 3 aromatic rings. The summed E-state index contributed by atoms with van der Waals surface area (Å²) in [7, 11) is 0. The van der Waals surface area contributed by atoms with E-state index in [1.54, 1.807) is 11.8 Å². The van der Waals surface area contributed by atoms with E-state index in [9.17, 15) is 4.79 Å². The number of amidine groups is 1. The summed E-state index contributed by atoms with van der Waals surface area (Å²) >= 11 is 1.56. The number of hydrogen-bond acceptors (Lipinski definition) is 4. The van der Waals surface area contributed by atoms with Gasteiger partial charge in [-0.1, -0.05) is 31.2 Å². The van der Waals surface area contributed by atoms with Crippen LogP contribution in [0, 0.1) is 0 Å². The Morgan fingerprint density at radius 1 is 1.27 bits per heavy atom. The Hall–Kier alpha value is -3.32. The van der Waals surface area contributed by atoms with Gasteiger partial charge in [-0.15, -0.1) is 11.8 Å². The van der Waals surface area contributed by atoms with Gasteiger partial charge in [0, 0.05) is 27.6 Å². The van der Waals surface area contributed by atoms with Crippen molar-refractivity contribution in [2.45, 2.75) is 44.0 Å². The monoisotopic (exact) mass is 459 g/mol. The number of benzene rings is 2. The zero-order valence-corrected chi connectivity index (χ0v) is 19.8. The first-order chi connectivity index (χ1) is 16.1. The van der Waals surface area contributed by atoms with E-state index in [0.717, 1.165) is 57.8 Å². The van der Waals surface area contributed by atoms with Crippen LogP contribution in [-0.2, 0) is 4.79 Å². The quantitative estimate of drug-likeness (QED) is 0.215. The number of aliphatic imine (C=N–C) groups is 1. The standard InChI is InChI=1S/C26H29N5OS/c1-3-6-23(18-8-5-9-22(15-18)33-17-26(32)29-20-10-11-20)30-25(7-4-2)28-21-12-13-24-19(14-21)16-27-31-24/h4-9,12-16,20H,3,10-11,17H2,1-2H3,(H,27,31)(H,28,30)(H,29,32)/b7-4-,23-6+. The second kappa shape index (κ2) is 11.0. The molecule has 1 amide bonds. The predicted octanol–water partition coefficient (Wildman–Crippen LogP) is 5.77. The van der Waals surface area contributed by atoms with Crippen molar-refractivity contribution in [3.63, 3.8) is 0 Å². The van der Waals surface area contributed by atoms with Crippen molar-refractivity contribution >= 4 is 45.8 Å². The molecule has 0 atom stereocenters. The van der Waals surface area contributed by atoms with E-state index in [4.69, 9.17) is 4.99 Å². The van der Waals surface area contributed by atoms with Gasteiger partial charge in [0.1, 0.15) is 5.84 Å². The van der Waals surface area contributed by atoms with E-state index >= 15 is 0 Å². The first kappa shape index (κ1) is 22.9. The molecule has 1 aliphatic rings. The van der Waals surface area contributed by atoms with Crippen LogP contribution in [0.2, 0.25) is 0 Å². The zero-order valence-electron chi connectivity index (χ0n) is 19.0. The summed E-state index contributed by atoms with van der Waals surface area (Å²) in [5.41, 5.74) is 3.87. The fourth-order valence-corrected chi connectivity index (χ4v) is 4.14. The summed E-state index contributed by atoms with van der Waals surface area (Å²) in [4.78, 5) is 18.1. The molecule has 1 aromatic heterocycles. The maximum absolute atomic E-state index is 12.1. The largest absolute Gasteiger partial charge is 0.353 e. The van der Waals surface area contributed by atoms with Gasteiger partial charge in [0.2, 0.25) is 5.91 Å². The van der Waals surface area contributed by atoms with Crippen molar-refractivity contribution in [2.75, 3.05) is 11.1 Å². The number of H-pyrrole nitrogens is 1. The molecular formula is C26H29N5OS. The van der Waals surface area contributed by atoms with Gasteiger partial charge in [-0.3, -0.25) is 9.89 Å². The van der Waals surface area contributed by atoms with Gasteiger partial charge in [0.25, 0.3) is 0 Å². The Morgan fingerprint density at radius 3 is 2.94 bits per heavy atom. The highest BCUT2D eigenvalue weighted by molar-refractivity contribution is 8.00. The van der Waals surface area contributed by atoms with Gasteiger partial charge in [-0.05, 0) is 62.6 Å². The lowest BCUT2D eigenvalue weighted by Crippen LogP contribution is -2.26. The number of thioether (sulfide) groups is 1. The van der Waals surface area contributed by atoms with Crippen LogP contribution in [0.5, 0.6) is 0 Å². The second-order valence-corrected chi connectivity index (χ2v) is 9.00. The molecule has 6 nitrogen and oxygen atoms in total. The minimum Gasteiger partial charge on any atom is -0.353 e. The van der Waals surface area contributed by atoms with Crippen LogP contribution in [0.4, 0.5) is 5.69 Å². The average Bonchev–Trinajstić information content (AvgIpc) is 3.50. The van der Waals surface area contributed by atoms with Crippen LogP contribution in [-0.4, -0.2) is 33.7 Å². The molecule has 3 N–H and O–H groups in total. The molecule has 0 saturated heterocycles. The minimum absolute atomic E-state index is 0.101. The number of carbonyl (C=O) groups excluding carboxylic acids is 1. The number of rotatable bonds is 9. The third kappa shape index (κ3) is 6.58. The number of aromatic nitrogens is 2. The normalized spacial score (nSPS) is 14.7. The number of fused-ring (bicyclic) bond motifs is 1. The summed E-state index contributed by atoms with van der Waals surface area (Å²) in [5, 5.41) is 14.6. The van der Waals surface area contributed by atoms with Crippen molar-refractivity contribution in [1.29, 1.82) is 0 Å². The van der Waals surface area contributed by atoms with Crippen molar-refractivity contribution in [3.8, 4) is 0 Å². The van der Waals surface area contributed by atoms with Gasteiger partial charge >= 0.3 is 0 Å². The van der Waals surface area contributed by atoms with Crippen molar-refractivity contribution in [2.24, 2.45) is 4.99 Å². The van der Waals surface area contributed by atoms with E-state index in [1.165, 1.54) is 0 Å². The molecule has 0 spiro atoms. The fraction of sp³-hybridized carbons (Fsp3) is 0.269. The third-order valence-electron chi connectivity index (χ3n) is 5.12. The maximum Gasteiger partial charge on any atom is 0.230 e. The summed E-state index contributed by atoms with van der Waals surface area (Å²) < 4.78 is 0. The molecule has 2 aromatic carbocycles. The van der Waals surface area contributed by atoms with E-state index in [-0.39, 0.29) is 5.91 Å². The lowest BCUT2D eigenvalue weighted by atomic mass is 10.1. The SMILES string of the molecule is C\C=C/C(=N/C(=C/CC)c1cccc(SCC(=O)NC2CC2)c1)Nc1ccc2[nH]ncc2c1. The molecule has 33 heavy (non-hydrogen) atoms. The molecule has 7 heteroatoms. The molecule has 1 aliphatic carbocycles. The Balaban J connectivity index is 1.52. The number of allylic oxidation sites excluding steroid dienone is 2. The van der Waals surface area contributed by atoms with E-state index in [2.05, 4.69) is 46.0 Å². The number of anilines is 1. The van der Waals surface area contributed by atoms with Crippen molar-refractivity contribution in [3.05, 3.63) is 72.5 Å². The molecule has 0 bridgehead atoms. The molecular weight excluding hydrogens is 430 g/mol. The Morgan fingerprint density at radius 2 is 2.15 bits per heavy atom. The maximum atomic E-state index is 12.1. The summed E-state index contributed by atoms with van der Waals surface area (Å²) in [5.74, 6) is 1.28. The first-order valence-electron chi connectivity index (χ1n) is 11.3. The van der Waals surface area contributed by atoms with E-state index in [1.807, 2.05) is 55.6 Å². The van der Waals surface area contributed by atoms with Crippen LogP contribution in [0.1, 0.15) is 38.7 Å². The highest BCUT2D eigenvalue weighted by atomic mass is 32.2. The third-order valence-corrected chi connectivity index (χ3v) is 6.11. The Kier molecular flexibility index (Phi) is 7.62. The van der Waals surface area contributed by atoms with Crippen molar-refractivity contribution in [1.82, 2.24) is 15.5 Å². The molecule has 1 fully saturated rings. The van der Waals surface area contributed by atoms with Crippen molar-refractivity contribution < 1.29 is 4.79 Å².